The number of aryl methyl sites for hydroxylation is 1. The quantitative estimate of drug-likeness (QED) is 0.873. The van der Waals surface area contributed by atoms with Gasteiger partial charge in [0.15, 0.2) is 0 Å². The van der Waals surface area contributed by atoms with Gasteiger partial charge >= 0.3 is 0 Å². The number of ether oxygens (including phenoxy) is 1. The molecule has 1 amide bonds. The standard InChI is InChI=1S/C19H24N4O2/c1-14-20-12-17(19(22-14)25-2)18(24)21-11-16-9-6-10-23(16)13-15-7-4-3-5-8-15/h3-5,7-8,12,16H,6,9-11,13H2,1-2H3,(H,21,24). The molecule has 0 saturated carbocycles. The minimum Gasteiger partial charge on any atom is -0.480 e. The van der Waals surface area contributed by atoms with Crippen molar-refractivity contribution < 1.29 is 9.53 Å². The summed E-state index contributed by atoms with van der Waals surface area (Å²) in [6.07, 6.45) is 3.77. The fraction of sp³-hybridized carbons (Fsp3) is 0.421. The van der Waals surface area contributed by atoms with Crippen LogP contribution in [0.3, 0.4) is 0 Å². The van der Waals surface area contributed by atoms with E-state index in [1.165, 1.54) is 18.9 Å². The van der Waals surface area contributed by atoms with E-state index in [1.807, 2.05) is 6.07 Å². The van der Waals surface area contributed by atoms with Crippen molar-refractivity contribution in [1.82, 2.24) is 20.2 Å². The first-order chi connectivity index (χ1) is 12.2. The molecule has 6 nitrogen and oxygen atoms in total. The predicted molar refractivity (Wildman–Crippen MR) is 95.5 cm³/mol. The van der Waals surface area contributed by atoms with Crippen molar-refractivity contribution in [2.24, 2.45) is 0 Å². The lowest BCUT2D eigenvalue weighted by Crippen LogP contribution is -2.40. The first-order valence-corrected chi connectivity index (χ1v) is 8.61. The minimum atomic E-state index is -0.191. The summed E-state index contributed by atoms with van der Waals surface area (Å²) < 4.78 is 5.20. The highest BCUT2D eigenvalue weighted by molar-refractivity contribution is 5.96. The number of benzene rings is 1. The molecule has 3 rings (SSSR count). The molecule has 2 aromatic rings. The van der Waals surface area contributed by atoms with Gasteiger partial charge in [-0.05, 0) is 31.9 Å². The Bertz CT molecular complexity index is 721. The zero-order valence-electron chi connectivity index (χ0n) is 14.7. The summed E-state index contributed by atoms with van der Waals surface area (Å²) in [5.41, 5.74) is 1.68. The Kier molecular flexibility index (Phi) is 5.60. The number of methoxy groups -OCH3 is 1. The molecule has 0 bridgehead atoms. The smallest absolute Gasteiger partial charge is 0.258 e. The molecule has 2 heterocycles. The molecule has 1 atom stereocenters. The van der Waals surface area contributed by atoms with Gasteiger partial charge in [-0.15, -0.1) is 0 Å². The Morgan fingerprint density at radius 2 is 2.16 bits per heavy atom. The van der Waals surface area contributed by atoms with E-state index in [1.54, 1.807) is 6.92 Å². The van der Waals surface area contributed by atoms with Crippen LogP contribution >= 0.6 is 0 Å². The number of nitrogens with one attached hydrogen (secondary N) is 1. The molecule has 25 heavy (non-hydrogen) atoms. The van der Waals surface area contributed by atoms with Gasteiger partial charge < -0.3 is 10.1 Å². The third-order valence-corrected chi connectivity index (χ3v) is 4.54. The first kappa shape index (κ1) is 17.4. The average molecular weight is 340 g/mol. The van der Waals surface area contributed by atoms with Gasteiger partial charge in [0.1, 0.15) is 11.4 Å². The van der Waals surface area contributed by atoms with Crippen LogP contribution in [0.25, 0.3) is 0 Å². The lowest BCUT2D eigenvalue weighted by molar-refractivity contribution is 0.0935. The third-order valence-electron chi connectivity index (χ3n) is 4.54. The maximum Gasteiger partial charge on any atom is 0.258 e. The van der Waals surface area contributed by atoms with E-state index in [-0.39, 0.29) is 5.91 Å². The van der Waals surface area contributed by atoms with Gasteiger partial charge in [-0.1, -0.05) is 30.3 Å². The Morgan fingerprint density at radius 1 is 1.36 bits per heavy atom. The fourth-order valence-electron chi connectivity index (χ4n) is 3.22. The minimum absolute atomic E-state index is 0.191. The van der Waals surface area contributed by atoms with Gasteiger partial charge in [-0.2, -0.15) is 4.98 Å². The molecule has 1 N–H and O–H groups in total. The molecule has 0 radical (unpaired) electrons. The van der Waals surface area contributed by atoms with Crippen molar-refractivity contribution in [3.63, 3.8) is 0 Å². The molecule has 0 aliphatic carbocycles. The van der Waals surface area contributed by atoms with E-state index >= 15 is 0 Å². The van der Waals surface area contributed by atoms with Crippen LogP contribution in [0.15, 0.2) is 36.5 Å². The van der Waals surface area contributed by atoms with E-state index in [4.69, 9.17) is 4.74 Å². The van der Waals surface area contributed by atoms with Gasteiger partial charge in [0, 0.05) is 25.3 Å². The number of carbonyl (C=O) groups excluding carboxylic acids is 1. The summed E-state index contributed by atoms with van der Waals surface area (Å²) >= 11 is 0. The summed E-state index contributed by atoms with van der Waals surface area (Å²) in [6.45, 7) is 4.36. The summed E-state index contributed by atoms with van der Waals surface area (Å²) in [7, 11) is 1.51. The second-order valence-corrected chi connectivity index (χ2v) is 6.30. The highest BCUT2D eigenvalue weighted by Gasteiger charge is 2.25. The van der Waals surface area contributed by atoms with Crippen LogP contribution in [0.5, 0.6) is 5.88 Å². The molecule has 6 heteroatoms. The molecule has 1 aliphatic heterocycles. The normalized spacial score (nSPS) is 17.4. The number of likely N-dealkylation sites (tertiary alicyclic amines) is 1. The summed E-state index contributed by atoms with van der Waals surface area (Å²) in [6, 6.07) is 10.8. The van der Waals surface area contributed by atoms with E-state index in [0.717, 1.165) is 25.9 Å². The zero-order valence-corrected chi connectivity index (χ0v) is 14.7. The Balaban J connectivity index is 1.59. The second-order valence-electron chi connectivity index (χ2n) is 6.30. The molecule has 1 aromatic carbocycles. The van der Waals surface area contributed by atoms with Crippen molar-refractivity contribution in [2.75, 3.05) is 20.2 Å². The van der Waals surface area contributed by atoms with Crippen LogP contribution in [-0.2, 0) is 6.54 Å². The van der Waals surface area contributed by atoms with Crippen molar-refractivity contribution >= 4 is 5.91 Å². The second kappa shape index (κ2) is 8.07. The summed E-state index contributed by atoms with van der Waals surface area (Å²) in [4.78, 5) is 23.2. The number of carbonyl (C=O) groups is 1. The van der Waals surface area contributed by atoms with Gasteiger partial charge in [-0.3, -0.25) is 9.69 Å². The van der Waals surface area contributed by atoms with Crippen LogP contribution in [0.4, 0.5) is 0 Å². The number of hydrogen-bond donors (Lipinski definition) is 1. The van der Waals surface area contributed by atoms with E-state index in [2.05, 4.69) is 44.5 Å². The van der Waals surface area contributed by atoms with Crippen molar-refractivity contribution in [1.29, 1.82) is 0 Å². The Morgan fingerprint density at radius 3 is 2.92 bits per heavy atom. The topological polar surface area (TPSA) is 67.3 Å². The molecule has 1 unspecified atom stereocenters. The van der Waals surface area contributed by atoms with E-state index < -0.39 is 0 Å². The molecule has 1 aromatic heterocycles. The number of nitrogens with zero attached hydrogens (tertiary/aromatic N) is 3. The zero-order chi connectivity index (χ0) is 17.6. The molecule has 1 aliphatic rings. The van der Waals surface area contributed by atoms with Gasteiger partial charge in [-0.25, -0.2) is 4.98 Å². The Labute approximate surface area is 148 Å². The molecular weight excluding hydrogens is 316 g/mol. The number of hydrogen-bond acceptors (Lipinski definition) is 5. The highest BCUT2D eigenvalue weighted by Crippen LogP contribution is 2.20. The molecule has 132 valence electrons. The highest BCUT2D eigenvalue weighted by atomic mass is 16.5. The SMILES string of the molecule is COc1nc(C)ncc1C(=O)NCC1CCCN1Cc1ccccc1. The van der Waals surface area contributed by atoms with Crippen LogP contribution in [0, 0.1) is 6.92 Å². The maximum absolute atomic E-state index is 12.5. The van der Waals surface area contributed by atoms with Crippen LogP contribution in [0.1, 0.15) is 34.6 Å². The third kappa shape index (κ3) is 4.33. The van der Waals surface area contributed by atoms with Crippen LogP contribution < -0.4 is 10.1 Å². The monoisotopic (exact) mass is 340 g/mol. The number of rotatable bonds is 6. The molecule has 1 saturated heterocycles. The molecule has 0 spiro atoms. The summed E-state index contributed by atoms with van der Waals surface area (Å²) in [5, 5.41) is 3.01. The van der Waals surface area contributed by atoms with Crippen molar-refractivity contribution in [3.8, 4) is 5.88 Å². The summed E-state index contributed by atoms with van der Waals surface area (Å²) in [5.74, 6) is 0.708. The lowest BCUT2D eigenvalue weighted by atomic mass is 10.1. The molecular formula is C19H24N4O2. The van der Waals surface area contributed by atoms with Crippen molar-refractivity contribution in [2.45, 2.75) is 32.4 Å². The van der Waals surface area contributed by atoms with Gasteiger partial charge in [0.05, 0.1) is 7.11 Å². The number of amides is 1. The van der Waals surface area contributed by atoms with Gasteiger partial charge in [0.2, 0.25) is 5.88 Å². The average Bonchev–Trinajstić information content (AvgIpc) is 3.07. The largest absolute Gasteiger partial charge is 0.480 e. The Hall–Kier alpha value is -2.47. The van der Waals surface area contributed by atoms with Gasteiger partial charge in [0.25, 0.3) is 5.91 Å². The fourth-order valence-corrected chi connectivity index (χ4v) is 3.22. The first-order valence-electron chi connectivity index (χ1n) is 8.61. The van der Waals surface area contributed by atoms with Crippen molar-refractivity contribution in [3.05, 3.63) is 53.5 Å². The maximum atomic E-state index is 12.5. The van der Waals surface area contributed by atoms with E-state index in [9.17, 15) is 4.79 Å². The lowest BCUT2D eigenvalue weighted by Gasteiger charge is -2.24. The number of aromatic nitrogens is 2. The van der Waals surface area contributed by atoms with Crippen LogP contribution in [-0.4, -0.2) is 47.0 Å². The predicted octanol–water partition coefficient (Wildman–Crippen LogP) is 2.19. The van der Waals surface area contributed by atoms with E-state index in [0.29, 0.717) is 29.9 Å². The van der Waals surface area contributed by atoms with Crippen LogP contribution in [0.2, 0.25) is 0 Å². The molecule has 1 fully saturated rings.